The van der Waals surface area contributed by atoms with Crippen LogP contribution in [0.5, 0.6) is 0 Å². The third-order valence-corrected chi connectivity index (χ3v) is 6.00. The van der Waals surface area contributed by atoms with E-state index in [9.17, 15) is 33.2 Å². The molecule has 1 aromatic rings. The number of benzene rings is 1. The van der Waals surface area contributed by atoms with Crippen LogP contribution in [0.15, 0.2) is 41.8 Å². The normalized spacial score (nSPS) is 13.2. The van der Waals surface area contributed by atoms with Gasteiger partial charge in [0.2, 0.25) is 0 Å². The molecule has 1 aromatic carbocycles. The molecule has 190 valence electrons. The molecule has 0 amide bonds. The first-order valence-corrected chi connectivity index (χ1v) is 12.1. The first kappa shape index (κ1) is 29.2. The number of rotatable bonds is 16. The maximum absolute atomic E-state index is 12.4. The number of ether oxygens (including phenoxy) is 2. The van der Waals surface area contributed by atoms with Gasteiger partial charge in [-0.05, 0) is 38.8 Å². The number of sulfonamides is 1. The summed E-state index contributed by atoms with van der Waals surface area (Å²) in [6.07, 6.45) is 1.03. The van der Waals surface area contributed by atoms with Gasteiger partial charge in [-0.25, -0.2) is 8.42 Å². The van der Waals surface area contributed by atoms with Crippen molar-refractivity contribution < 1.29 is 42.3 Å². The molecular weight excluding hydrogens is 472 g/mol. The molecule has 0 fully saturated rings. The second-order valence-corrected chi connectivity index (χ2v) is 8.73. The van der Waals surface area contributed by atoms with E-state index in [1.54, 1.807) is 13.8 Å². The number of nitro benzene ring substituents is 1. The van der Waals surface area contributed by atoms with Crippen molar-refractivity contribution >= 4 is 27.6 Å². The summed E-state index contributed by atoms with van der Waals surface area (Å²) in [6.45, 7) is 6.65. The standard InChI is InChI=1S/C21H30N2O10S/c1-4-19(33-22-34(29,30)17-12-10-16(11-13-17)23(27)28)15(14-24)8-7-9-18(20(25)31-5-2)21(26)32-6-3/h4,10-13,15,18-19,22,24H,1,5-9,14H2,2-3H3/t15-,19-/m1/s1. The van der Waals surface area contributed by atoms with Crippen molar-refractivity contribution in [1.29, 1.82) is 0 Å². The fourth-order valence-electron chi connectivity index (χ4n) is 3.01. The third-order valence-electron chi connectivity index (χ3n) is 4.79. The van der Waals surface area contributed by atoms with Gasteiger partial charge in [-0.3, -0.25) is 24.5 Å². The fourth-order valence-corrected chi connectivity index (χ4v) is 3.84. The molecule has 0 radical (unpaired) electrons. The Morgan fingerprint density at radius 1 is 1.15 bits per heavy atom. The smallest absolute Gasteiger partial charge is 0.320 e. The maximum Gasteiger partial charge on any atom is 0.320 e. The molecule has 2 atom stereocenters. The minimum atomic E-state index is -4.17. The lowest BCUT2D eigenvalue weighted by Crippen LogP contribution is -2.34. The highest BCUT2D eigenvalue weighted by molar-refractivity contribution is 7.89. The van der Waals surface area contributed by atoms with Gasteiger partial charge in [-0.2, -0.15) is 0 Å². The molecule has 1 rings (SSSR count). The Kier molecular flexibility index (Phi) is 12.4. The highest BCUT2D eigenvalue weighted by atomic mass is 32.2. The summed E-state index contributed by atoms with van der Waals surface area (Å²) in [5, 5.41) is 20.5. The van der Waals surface area contributed by atoms with Gasteiger partial charge in [-0.1, -0.05) is 17.4 Å². The molecule has 0 aliphatic heterocycles. The van der Waals surface area contributed by atoms with E-state index < -0.39 is 44.8 Å². The van der Waals surface area contributed by atoms with Gasteiger partial charge < -0.3 is 14.6 Å². The van der Waals surface area contributed by atoms with E-state index in [2.05, 4.69) is 6.58 Å². The van der Waals surface area contributed by atoms with Gasteiger partial charge in [-0.15, -0.1) is 6.58 Å². The van der Waals surface area contributed by atoms with Gasteiger partial charge in [0, 0.05) is 24.7 Å². The van der Waals surface area contributed by atoms with Gasteiger partial charge in [0.1, 0.15) is 6.10 Å². The zero-order valence-electron chi connectivity index (χ0n) is 19.0. The number of hydrogen-bond donors (Lipinski definition) is 2. The summed E-state index contributed by atoms with van der Waals surface area (Å²) in [5.41, 5.74) is -0.270. The van der Waals surface area contributed by atoms with E-state index in [1.807, 2.05) is 4.89 Å². The number of hydrogen-bond acceptors (Lipinski definition) is 10. The van der Waals surface area contributed by atoms with Crippen LogP contribution in [0.4, 0.5) is 5.69 Å². The minimum absolute atomic E-state index is 0.104. The monoisotopic (exact) mass is 502 g/mol. The predicted octanol–water partition coefficient (Wildman–Crippen LogP) is 1.88. The molecule has 34 heavy (non-hydrogen) atoms. The van der Waals surface area contributed by atoms with Crippen LogP contribution >= 0.6 is 0 Å². The van der Waals surface area contributed by atoms with Crippen molar-refractivity contribution in [3.05, 3.63) is 47.0 Å². The topological polar surface area (TPSA) is 171 Å². The zero-order chi connectivity index (χ0) is 25.7. The lowest BCUT2D eigenvalue weighted by molar-refractivity contribution is -0.384. The number of nitrogens with one attached hydrogen (secondary N) is 1. The van der Waals surface area contributed by atoms with E-state index in [-0.39, 0.29) is 43.2 Å². The Hall–Kier alpha value is -2.87. The number of nitro groups is 1. The summed E-state index contributed by atoms with van der Waals surface area (Å²) in [5.74, 6) is -3.12. The van der Waals surface area contributed by atoms with Crippen LogP contribution < -0.4 is 4.89 Å². The lowest BCUT2D eigenvalue weighted by atomic mass is 9.93. The van der Waals surface area contributed by atoms with Gasteiger partial charge in [0.05, 0.1) is 23.0 Å². The number of aliphatic hydroxyl groups is 1. The van der Waals surface area contributed by atoms with Crippen molar-refractivity contribution in [1.82, 2.24) is 4.89 Å². The molecule has 0 unspecified atom stereocenters. The van der Waals surface area contributed by atoms with Crippen LogP contribution in [0.25, 0.3) is 0 Å². The van der Waals surface area contributed by atoms with Gasteiger partial charge >= 0.3 is 11.9 Å². The molecule has 0 saturated carbocycles. The quantitative estimate of drug-likeness (QED) is 0.112. The second kappa shape index (κ2) is 14.4. The Balaban J connectivity index is 2.76. The minimum Gasteiger partial charge on any atom is -0.465 e. The lowest BCUT2D eigenvalue weighted by Gasteiger charge is -2.23. The van der Waals surface area contributed by atoms with Crippen LogP contribution in [-0.2, 0) is 33.9 Å². The molecule has 12 nitrogen and oxygen atoms in total. The second-order valence-electron chi connectivity index (χ2n) is 7.09. The van der Waals surface area contributed by atoms with Crippen LogP contribution in [0.3, 0.4) is 0 Å². The number of aliphatic hydroxyl groups excluding tert-OH is 1. The van der Waals surface area contributed by atoms with E-state index in [1.165, 1.54) is 6.08 Å². The average molecular weight is 503 g/mol. The Morgan fingerprint density at radius 2 is 1.71 bits per heavy atom. The largest absolute Gasteiger partial charge is 0.465 e. The van der Waals surface area contributed by atoms with Crippen LogP contribution in [0.1, 0.15) is 33.1 Å². The molecule has 0 spiro atoms. The van der Waals surface area contributed by atoms with Crippen molar-refractivity contribution in [2.24, 2.45) is 11.8 Å². The molecule has 0 aliphatic rings. The fraction of sp³-hybridized carbons (Fsp3) is 0.524. The van der Waals surface area contributed by atoms with Gasteiger partial charge in [0.15, 0.2) is 5.92 Å². The Morgan fingerprint density at radius 3 is 2.15 bits per heavy atom. The summed E-state index contributed by atoms with van der Waals surface area (Å²) in [6, 6.07) is 4.20. The van der Waals surface area contributed by atoms with Crippen molar-refractivity contribution in [3.63, 3.8) is 0 Å². The predicted molar refractivity (Wildman–Crippen MR) is 120 cm³/mol. The summed E-state index contributed by atoms with van der Waals surface area (Å²) in [7, 11) is -4.17. The van der Waals surface area contributed by atoms with Crippen LogP contribution in [-0.4, -0.2) is 56.3 Å². The van der Waals surface area contributed by atoms with Crippen LogP contribution in [0.2, 0.25) is 0 Å². The highest BCUT2D eigenvalue weighted by Crippen LogP contribution is 2.21. The first-order valence-electron chi connectivity index (χ1n) is 10.6. The number of nitrogens with zero attached hydrogens (tertiary/aromatic N) is 1. The van der Waals surface area contributed by atoms with Crippen LogP contribution in [0, 0.1) is 22.0 Å². The zero-order valence-corrected chi connectivity index (χ0v) is 19.9. The summed E-state index contributed by atoms with van der Waals surface area (Å²) >= 11 is 0. The van der Waals surface area contributed by atoms with Crippen molar-refractivity contribution in [2.45, 2.75) is 44.1 Å². The van der Waals surface area contributed by atoms with Gasteiger partial charge in [0.25, 0.3) is 15.7 Å². The van der Waals surface area contributed by atoms with E-state index in [0.29, 0.717) is 6.42 Å². The maximum atomic E-state index is 12.4. The molecule has 13 heteroatoms. The summed E-state index contributed by atoms with van der Waals surface area (Å²) in [4.78, 5) is 41.1. The van der Waals surface area contributed by atoms with Crippen molar-refractivity contribution in [2.75, 3.05) is 19.8 Å². The van der Waals surface area contributed by atoms with Crippen molar-refractivity contribution in [3.8, 4) is 0 Å². The van der Waals surface area contributed by atoms with E-state index in [4.69, 9.17) is 14.3 Å². The van der Waals surface area contributed by atoms with E-state index >= 15 is 0 Å². The molecule has 0 heterocycles. The number of esters is 2. The molecule has 0 saturated heterocycles. The molecule has 0 aromatic heterocycles. The average Bonchev–Trinajstić information content (AvgIpc) is 2.80. The number of carbonyl (C=O) groups is 2. The third kappa shape index (κ3) is 8.82. The SMILES string of the molecule is C=C[C@@H](ONS(=O)(=O)c1ccc([N+](=O)[O-])cc1)[C@@H](CO)CCCC(C(=O)OCC)C(=O)OCC. The molecule has 0 aliphatic carbocycles. The highest BCUT2D eigenvalue weighted by Gasteiger charge is 2.30. The number of carbonyl (C=O) groups excluding carboxylic acids is 2. The molecular formula is C21H30N2O10S. The Labute approximate surface area is 198 Å². The Bertz CT molecular complexity index is 915. The summed E-state index contributed by atoms with van der Waals surface area (Å²) < 4.78 is 34.7. The molecule has 2 N–H and O–H groups in total. The number of non-ortho nitro benzene ring substituents is 1. The van der Waals surface area contributed by atoms with E-state index in [0.717, 1.165) is 24.3 Å². The molecule has 0 bridgehead atoms. The first-order chi connectivity index (χ1) is 16.1.